The zero-order chi connectivity index (χ0) is 46.8. The van der Waals surface area contributed by atoms with Crippen LogP contribution in [-0.2, 0) is 6.18 Å². The van der Waals surface area contributed by atoms with E-state index in [2.05, 4.69) is 181 Å². The maximum Gasteiger partial charge on any atom is 0.416 e. The van der Waals surface area contributed by atoms with E-state index < -0.39 is 11.7 Å². The second-order valence-electron chi connectivity index (χ2n) is 17.9. The van der Waals surface area contributed by atoms with Gasteiger partial charge in [-0.1, -0.05) is 127 Å². The number of alkyl halides is 3. The lowest BCUT2D eigenvalue weighted by Gasteiger charge is -2.21. The van der Waals surface area contributed by atoms with Gasteiger partial charge in [0.25, 0.3) is 0 Å². The molecule has 0 amide bonds. The van der Waals surface area contributed by atoms with Crippen LogP contribution < -0.4 is 0 Å². The second kappa shape index (κ2) is 14.8. The summed E-state index contributed by atoms with van der Waals surface area (Å²) in [5, 5.41) is 8.60. The Labute approximate surface area is 398 Å². The lowest BCUT2D eigenvalue weighted by Crippen LogP contribution is -2.08. The van der Waals surface area contributed by atoms with Crippen molar-refractivity contribution in [2.75, 3.05) is 0 Å². The molecule has 14 rings (SSSR count). The van der Waals surface area contributed by atoms with Crippen LogP contribution in [-0.4, -0.2) is 18.3 Å². The highest BCUT2D eigenvalue weighted by Crippen LogP contribution is 2.47. The summed E-state index contributed by atoms with van der Waals surface area (Å²) >= 11 is 0. The number of fused-ring (bicyclic) bond motifs is 12. The molecule has 0 saturated heterocycles. The van der Waals surface area contributed by atoms with Crippen molar-refractivity contribution < 1.29 is 13.2 Å². The first-order chi connectivity index (χ1) is 34.4. The Hall–Kier alpha value is -9.32. The van der Waals surface area contributed by atoms with Crippen LogP contribution in [0, 0.1) is 6.57 Å². The number of para-hydroxylation sites is 6. The summed E-state index contributed by atoms with van der Waals surface area (Å²) < 4.78 is 53.9. The molecule has 5 nitrogen and oxygen atoms in total. The number of halogens is 3. The summed E-state index contributed by atoms with van der Waals surface area (Å²) in [4.78, 5) is 4.00. The molecular formula is C62H36F3N5. The first-order valence-electron chi connectivity index (χ1n) is 23.1. The highest BCUT2D eigenvalue weighted by Gasteiger charge is 2.34. The van der Waals surface area contributed by atoms with Gasteiger partial charge in [-0.2, -0.15) is 13.2 Å². The molecule has 4 heterocycles. The lowest BCUT2D eigenvalue weighted by molar-refractivity contribution is -0.137. The number of rotatable bonds is 5. The van der Waals surface area contributed by atoms with E-state index >= 15 is 0 Å². The minimum absolute atomic E-state index is 0.0544. The molecule has 8 heteroatoms. The summed E-state index contributed by atoms with van der Waals surface area (Å²) in [5.74, 6) is 0. The molecule has 0 bridgehead atoms. The molecule has 0 saturated carbocycles. The van der Waals surface area contributed by atoms with Gasteiger partial charge in [0.05, 0.1) is 67.6 Å². The first kappa shape index (κ1) is 39.8. The predicted molar refractivity (Wildman–Crippen MR) is 280 cm³/mol. The number of benzene rings is 10. The summed E-state index contributed by atoms with van der Waals surface area (Å²) in [6.07, 6.45) is -4.66. The molecule has 0 fully saturated rings. The van der Waals surface area contributed by atoms with Crippen molar-refractivity contribution in [1.82, 2.24) is 18.3 Å². The smallest absolute Gasteiger partial charge is 0.309 e. The zero-order valence-electron chi connectivity index (χ0n) is 37.2. The fraction of sp³-hybridized carbons (Fsp3) is 0.0161. The summed E-state index contributed by atoms with van der Waals surface area (Å²) in [6.45, 7) is 8.59. The van der Waals surface area contributed by atoms with Crippen LogP contribution >= 0.6 is 0 Å². The Kier molecular flexibility index (Phi) is 8.44. The third-order valence-electron chi connectivity index (χ3n) is 14.2. The molecule has 0 aliphatic carbocycles. The van der Waals surface area contributed by atoms with Crippen molar-refractivity contribution in [3.63, 3.8) is 0 Å². The van der Waals surface area contributed by atoms with Crippen molar-refractivity contribution in [3.8, 4) is 33.9 Å². The average molecular weight is 908 g/mol. The van der Waals surface area contributed by atoms with Gasteiger partial charge in [0, 0.05) is 54.5 Å². The van der Waals surface area contributed by atoms with Crippen LogP contribution in [0.2, 0.25) is 0 Å². The van der Waals surface area contributed by atoms with Gasteiger partial charge in [-0.05, 0) is 102 Å². The van der Waals surface area contributed by atoms with Crippen LogP contribution in [0.15, 0.2) is 218 Å². The van der Waals surface area contributed by atoms with Gasteiger partial charge >= 0.3 is 6.18 Å². The lowest BCUT2D eigenvalue weighted by atomic mass is 9.96. The topological polar surface area (TPSA) is 24.1 Å². The molecule has 0 unspecified atom stereocenters. The van der Waals surface area contributed by atoms with Crippen molar-refractivity contribution in [3.05, 3.63) is 235 Å². The van der Waals surface area contributed by atoms with E-state index in [1.807, 2.05) is 24.3 Å². The number of hydrogen-bond donors (Lipinski definition) is 0. The minimum atomic E-state index is -4.66. The fourth-order valence-corrected chi connectivity index (χ4v) is 11.3. The van der Waals surface area contributed by atoms with Crippen LogP contribution in [0.3, 0.4) is 0 Å². The van der Waals surface area contributed by atoms with Crippen LogP contribution in [0.1, 0.15) is 5.56 Å². The van der Waals surface area contributed by atoms with Crippen molar-refractivity contribution in [2.24, 2.45) is 0 Å². The molecule has 0 atom stereocenters. The highest BCUT2D eigenvalue weighted by atomic mass is 19.4. The standard InChI is InChI=1S/C62H36F3N5/c1-66-51-37-61(70-57-29-15-8-22-46(57)49-35-39(31-33-59(49)70)68-54-26-12-5-19-43(54)44-20-6-13-27-55(44)68)60(36-47(51)40-16-2-9-23-50(40)62(63,64)65)69-56-28-14-7-21-45(56)48-34-38(30-32-58(48)69)67-52-24-10-3-17-41(52)42-18-4-11-25-53(42)67/h2-37H. The second-order valence-corrected chi connectivity index (χ2v) is 17.9. The third-order valence-corrected chi connectivity index (χ3v) is 14.2. The Balaban J connectivity index is 1.08. The molecule has 0 aliphatic rings. The molecule has 0 N–H and O–H groups in total. The summed E-state index contributed by atoms with van der Waals surface area (Å²) in [7, 11) is 0. The van der Waals surface area contributed by atoms with Crippen molar-refractivity contribution in [1.29, 1.82) is 0 Å². The van der Waals surface area contributed by atoms with Crippen molar-refractivity contribution in [2.45, 2.75) is 6.18 Å². The number of nitrogens with zero attached hydrogens (tertiary/aromatic N) is 5. The Morgan fingerprint density at radius 1 is 0.314 bits per heavy atom. The molecule has 0 radical (unpaired) electrons. The van der Waals surface area contributed by atoms with E-state index in [9.17, 15) is 13.2 Å². The number of hydrogen-bond acceptors (Lipinski definition) is 0. The van der Waals surface area contributed by atoms with E-state index in [1.54, 1.807) is 18.2 Å². The third kappa shape index (κ3) is 5.66. The monoisotopic (exact) mass is 907 g/mol. The van der Waals surface area contributed by atoms with E-state index in [-0.39, 0.29) is 16.8 Å². The Morgan fingerprint density at radius 3 is 1.04 bits per heavy atom. The van der Waals surface area contributed by atoms with E-state index in [0.29, 0.717) is 11.4 Å². The Morgan fingerprint density at radius 2 is 0.643 bits per heavy atom. The van der Waals surface area contributed by atoms with E-state index in [1.165, 1.54) is 12.1 Å². The van der Waals surface area contributed by atoms with Crippen LogP contribution in [0.4, 0.5) is 18.9 Å². The van der Waals surface area contributed by atoms with Gasteiger partial charge in [-0.15, -0.1) is 0 Å². The maximum absolute atomic E-state index is 15.0. The van der Waals surface area contributed by atoms with Gasteiger partial charge in [0.15, 0.2) is 5.69 Å². The van der Waals surface area contributed by atoms with Crippen LogP contribution in [0.25, 0.3) is 126 Å². The first-order valence-corrected chi connectivity index (χ1v) is 23.1. The molecule has 0 spiro atoms. The maximum atomic E-state index is 15.0. The summed E-state index contributed by atoms with van der Waals surface area (Å²) in [5.41, 5.74) is 10.6. The SMILES string of the molecule is [C-]#[N+]c1cc(-n2c3ccccc3c3cc(-n4c5ccccc5c5ccccc54)ccc32)c(-n2c3ccccc3c3cc(-n4c5ccccc5c5ccccc54)ccc32)cc1-c1ccccc1C(F)(F)F. The van der Waals surface area contributed by atoms with Gasteiger partial charge in [-0.25, -0.2) is 4.85 Å². The quantitative estimate of drug-likeness (QED) is 0.154. The molecule has 330 valence electrons. The molecule has 4 aromatic heterocycles. The summed E-state index contributed by atoms with van der Waals surface area (Å²) in [6, 6.07) is 72.2. The van der Waals surface area contributed by atoms with Gasteiger partial charge in [-0.3, -0.25) is 0 Å². The van der Waals surface area contributed by atoms with Gasteiger partial charge < -0.3 is 18.3 Å². The predicted octanol–water partition coefficient (Wildman–Crippen LogP) is 17.3. The average Bonchev–Trinajstić information content (AvgIpc) is 4.13. The van der Waals surface area contributed by atoms with Crippen LogP contribution in [0.5, 0.6) is 0 Å². The molecule has 10 aromatic carbocycles. The molecule has 0 aliphatic heterocycles. The van der Waals surface area contributed by atoms with E-state index in [0.717, 1.165) is 105 Å². The van der Waals surface area contributed by atoms with Gasteiger partial charge in [0.1, 0.15) is 0 Å². The Bertz CT molecular complexity index is 4450. The number of aromatic nitrogens is 4. The highest BCUT2D eigenvalue weighted by molar-refractivity contribution is 6.15. The van der Waals surface area contributed by atoms with E-state index in [4.69, 9.17) is 6.57 Å². The minimum Gasteiger partial charge on any atom is -0.309 e. The molecule has 70 heavy (non-hydrogen) atoms. The fourth-order valence-electron chi connectivity index (χ4n) is 11.3. The molecular weight excluding hydrogens is 872 g/mol. The molecule has 14 aromatic rings. The zero-order valence-corrected chi connectivity index (χ0v) is 37.2. The van der Waals surface area contributed by atoms with Crippen molar-refractivity contribution >= 4 is 92.9 Å². The van der Waals surface area contributed by atoms with Gasteiger partial charge in [0.2, 0.25) is 0 Å². The normalized spacial score (nSPS) is 12.2. The largest absolute Gasteiger partial charge is 0.416 e.